The Labute approximate surface area is 255 Å². The Morgan fingerprint density at radius 2 is 1.00 bits per heavy atom. The van der Waals surface area contributed by atoms with Gasteiger partial charge in [0, 0.05) is 27.6 Å². The number of pyridine rings is 1. The third-order valence-electron chi connectivity index (χ3n) is 8.15. The molecule has 0 aliphatic carbocycles. The molecule has 1 heterocycles. The zero-order valence-corrected chi connectivity index (χ0v) is 24.3. The van der Waals surface area contributed by atoms with E-state index in [0.29, 0.717) is 0 Å². The van der Waals surface area contributed by atoms with Crippen LogP contribution in [0.25, 0.3) is 65.7 Å². The van der Waals surface area contributed by atoms with Crippen LogP contribution in [0.5, 0.6) is 0 Å². The number of benzene rings is 7. The third kappa shape index (κ3) is 4.76. The number of hydrogen-bond donors (Lipinski definition) is 0. The lowest BCUT2D eigenvalue weighted by Gasteiger charge is -2.18. The number of hydrogen-bond acceptors (Lipinski definition) is 2. The summed E-state index contributed by atoms with van der Waals surface area (Å²) in [7, 11) is 0. The summed E-state index contributed by atoms with van der Waals surface area (Å²) in [5, 5.41) is 7.36. The standard InChI is InChI=1S/C41H27NS/c1-3-11-28(12-4-1)33-24-34(29-13-5-2-6-14-29)26-35(25-33)43-41-37-18-10-9-17-36(37)40(39-27-42-22-21-38(39)41)32-20-19-30-15-7-8-16-31(30)23-32/h1-27H. The van der Waals surface area contributed by atoms with Crippen LogP contribution >= 0.6 is 11.8 Å². The second-order valence-corrected chi connectivity index (χ2v) is 11.9. The van der Waals surface area contributed by atoms with Gasteiger partial charge in [-0.05, 0) is 90.6 Å². The van der Waals surface area contributed by atoms with Crippen LogP contribution in [0.3, 0.4) is 0 Å². The SMILES string of the molecule is c1ccc(-c2cc(Sc3c4ccccc4c(-c4ccc5ccccc5c4)c4cnccc34)cc(-c3ccccc3)c2)cc1. The number of nitrogens with zero attached hydrogens (tertiary/aromatic N) is 1. The summed E-state index contributed by atoms with van der Waals surface area (Å²) in [5.41, 5.74) is 7.30. The Morgan fingerprint density at radius 3 is 1.72 bits per heavy atom. The fraction of sp³-hybridized carbons (Fsp3) is 0. The van der Waals surface area contributed by atoms with Gasteiger partial charge in [-0.25, -0.2) is 0 Å². The fourth-order valence-electron chi connectivity index (χ4n) is 6.12. The highest BCUT2D eigenvalue weighted by molar-refractivity contribution is 7.99. The maximum absolute atomic E-state index is 4.61. The van der Waals surface area contributed by atoms with Crippen LogP contribution in [0.1, 0.15) is 0 Å². The van der Waals surface area contributed by atoms with Crippen molar-refractivity contribution in [3.63, 3.8) is 0 Å². The quantitative estimate of drug-likeness (QED) is 0.193. The lowest BCUT2D eigenvalue weighted by molar-refractivity contribution is 1.36. The first-order chi connectivity index (χ1) is 21.3. The molecular formula is C41H27NS. The van der Waals surface area contributed by atoms with Gasteiger partial charge in [0.25, 0.3) is 0 Å². The molecule has 0 bridgehead atoms. The molecule has 43 heavy (non-hydrogen) atoms. The van der Waals surface area contributed by atoms with E-state index in [4.69, 9.17) is 0 Å². The highest BCUT2D eigenvalue weighted by Crippen LogP contribution is 2.46. The van der Waals surface area contributed by atoms with Crippen molar-refractivity contribution in [1.29, 1.82) is 0 Å². The minimum Gasteiger partial charge on any atom is -0.264 e. The van der Waals surface area contributed by atoms with Crippen LogP contribution in [0, 0.1) is 0 Å². The summed E-state index contributed by atoms with van der Waals surface area (Å²) in [6.07, 6.45) is 3.95. The monoisotopic (exact) mass is 565 g/mol. The highest BCUT2D eigenvalue weighted by Gasteiger charge is 2.17. The normalized spacial score (nSPS) is 11.3. The van der Waals surface area contributed by atoms with Gasteiger partial charge in [-0.2, -0.15) is 0 Å². The largest absolute Gasteiger partial charge is 0.264 e. The van der Waals surface area contributed by atoms with E-state index in [-0.39, 0.29) is 0 Å². The van der Waals surface area contributed by atoms with E-state index in [1.165, 1.54) is 75.5 Å². The first-order valence-corrected chi connectivity index (χ1v) is 15.3. The zero-order valence-electron chi connectivity index (χ0n) is 23.4. The van der Waals surface area contributed by atoms with E-state index < -0.39 is 0 Å². The lowest BCUT2D eigenvalue weighted by atomic mass is 9.92. The average Bonchev–Trinajstić information content (AvgIpc) is 3.09. The molecule has 1 nitrogen and oxygen atoms in total. The van der Waals surface area contributed by atoms with E-state index in [9.17, 15) is 0 Å². The molecule has 0 fully saturated rings. The molecule has 0 saturated heterocycles. The molecular weight excluding hydrogens is 539 g/mol. The van der Waals surface area contributed by atoms with Gasteiger partial charge in [0.05, 0.1) is 0 Å². The highest BCUT2D eigenvalue weighted by atomic mass is 32.2. The molecule has 7 aromatic carbocycles. The van der Waals surface area contributed by atoms with Crippen molar-refractivity contribution < 1.29 is 0 Å². The van der Waals surface area contributed by atoms with E-state index in [1.807, 2.05) is 24.2 Å². The second kappa shape index (κ2) is 10.9. The molecule has 202 valence electrons. The van der Waals surface area contributed by atoms with Gasteiger partial charge >= 0.3 is 0 Å². The fourth-order valence-corrected chi connectivity index (χ4v) is 7.30. The van der Waals surface area contributed by atoms with Crippen molar-refractivity contribution in [3.8, 4) is 33.4 Å². The number of fused-ring (bicyclic) bond motifs is 3. The first-order valence-electron chi connectivity index (χ1n) is 14.5. The maximum Gasteiger partial charge on any atom is 0.0353 e. The predicted octanol–water partition coefficient (Wildman–Crippen LogP) is 11.7. The van der Waals surface area contributed by atoms with Crippen molar-refractivity contribution in [3.05, 3.63) is 164 Å². The molecule has 0 saturated carbocycles. The predicted molar refractivity (Wildman–Crippen MR) is 184 cm³/mol. The van der Waals surface area contributed by atoms with Gasteiger partial charge in [-0.3, -0.25) is 4.98 Å². The maximum atomic E-state index is 4.61. The summed E-state index contributed by atoms with van der Waals surface area (Å²) in [4.78, 5) is 7.08. The molecule has 2 heteroatoms. The summed E-state index contributed by atoms with van der Waals surface area (Å²) >= 11 is 1.84. The van der Waals surface area contributed by atoms with Gasteiger partial charge in [0.2, 0.25) is 0 Å². The number of rotatable bonds is 5. The molecule has 0 aliphatic heterocycles. The van der Waals surface area contributed by atoms with Crippen molar-refractivity contribution in [2.75, 3.05) is 0 Å². The van der Waals surface area contributed by atoms with Crippen LogP contribution in [0.2, 0.25) is 0 Å². The van der Waals surface area contributed by atoms with Gasteiger partial charge < -0.3 is 0 Å². The minimum atomic E-state index is 1.17. The second-order valence-electron chi connectivity index (χ2n) is 10.8. The van der Waals surface area contributed by atoms with Gasteiger partial charge in [0.1, 0.15) is 0 Å². The molecule has 1 aromatic heterocycles. The molecule has 0 atom stereocenters. The molecule has 8 aromatic rings. The number of aromatic nitrogens is 1. The van der Waals surface area contributed by atoms with Gasteiger partial charge in [-0.1, -0.05) is 133 Å². The summed E-state index contributed by atoms with van der Waals surface area (Å²) in [6.45, 7) is 0. The van der Waals surface area contributed by atoms with Gasteiger partial charge in [-0.15, -0.1) is 0 Å². The molecule has 0 spiro atoms. The Hall–Kier alpha value is -5.18. The summed E-state index contributed by atoms with van der Waals surface area (Å²) in [6, 6.07) is 54.6. The van der Waals surface area contributed by atoms with E-state index in [1.54, 1.807) is 0 Å². The Morgan fingerprint density at radius 1 is 0.395 bits per heavy atom. The van der Waals surface area contributed by atoms with Crippen LogP contribution in [0.15, 0.2) is 174 Å². The Balaban J connectivity index is 1.35. The van der Waals surface area contributed by atoms with Crippen molar-refractivity contribution in [2.45, 2.75) is 9.79 Å². The first kappa shape index (κ1) is 25.5. The van der Waals surface area contributed by atoms with Crippen LogP contribution in [-0.2, 0) is 0 Å². The smallest absolute Gasteiger partial charge is 0.0353 e. The Bertz CT molecular complexity index is 2140. The summed E-state index contributed by atoms with van der Waals surface area (Å²) in [5.74, 6) is 0. The van der Waals surface area contributed by atoms with Gasteiger partial charge in [0.15, 0.2) is 0 Å². The summed E-state index contributed by atoms with van der Waals surface area (Å²) < 4.78 is 0. The molecule has 0 radical (unpaired) electrons. The van der Waals surface area contributed by atoms with E-state index in [2.05, 4.69) is 157 Å². The molecule has 0 unspecified atom stereocenters. The molecule has 0 aliphatic rings. The van der Waals surface area contributed by atoms with Crippen molar-refractivity contribution in [1.82, 2.24) is 4.98 Å². The zero-order chi connectivity index (χ0) is 28.6. The molecule has 0 amide bonds. The van der Waals surface area contributed by atoms with E-state index >= 15 is 0 Å². The van der Waals surface area contributed by atoms with E-state index in [0.717, 1.165) is 0 Å². The topological polar surface area (TPSA) is 12.9 Å². The van der Waals surface area contributed by atoms with Crippen LogP contribution in [-0.4, -0.2) is 4.98 Å². The third-order valence-corrected chi connectivity index (χ3v) is 9.27. The van der Waals surface area contributed by atoms with Crippen LogP contribution in [0.4, 0.5) is 0 Å². The average molecular weight is 566 g/mol. The minimum absolute atomic E-state index is 1.17. The molecule has 8 rings (SSSR count). The van der Waals surface area contributed by atoms with Crippen molar-refractivity contribution in [2.24, 2.45) is 0 Å². The lowest BCUT2D eigenvalue weighted by Crippen LogP contribution is -1.91. The molecule has 0 N–H and O–H groups in total. The van der Waals surface area contributed by atoms with Crippen molar-refractivity contribution >= 4 is 44.1 Å². The Kier molecular flexibility index (Phi) is 6.47. The van der Waals surface area contributed by atoms with Crippen LogP contribution < -0.4 is 0 Å².